The first kappa shape index (κ1) is 18.0. The van der Waals surface area contributed by atoms with Crippen molar-refractivity contribution in [1.29, 1.82) is 0 Å². The summed E-state index contributed by atoms with van der Waals surface area (Å²) in [7, 11) is 0. The first-order chi connectivity index (χ1) is 14.6. The second kappa shape index (κ2) is 7.08. The van der Waals surface area contributed by atoms with E-state index in [1.807, 2.05) is 80.6 Å². The van der Waals surface area contributed by atoms with Gasteiger partial charge in [-0.2, -0.15) is 14.8 Å². The number of benzene rings is 3. The van der Waals surface area contributed by atoms with Crippen LogP contribution in [0.1, 0.15) is 11.1 Å². The molecule has 0 aliphatic rings. The molecule has 30 heavy (non-hydrogen) atoms. The second-order valence-electron chi connectivity index (χ2n) is 7.24. The smallest absolute Gasteiger partial charge is 0.279 e. The maximum absolute atomic E-state index is 13.1. The molecule has 2 heterocycles. The van der Waals surface area contributed by atoms with Crippen molar-refractivity contribution in [2.24, 2.45) is 0 Å². The molecular weight excluding hydrogens is 376 g/mol. The van der Waals surface area contributed by atoms with Gasteiger partial charge in [-0.1, -0.05) is 59.3 Å². The lowest BCUT2D eigenvalue weighted by Crippen LogP contribution is -2.22. The van der Waals surface area contributed by atoms with Crippen molar-refractivity contribution < 1.29 is 4.52 Å². The molecule has 0 aliphatic carbocycles. The fourth-order valence-electron chi connectivity index (χ4n) is 3.50. The van der Waals surface area contributed by atoms with Crippen LogP contribution in [0.2, 0.25) is 0 Å². The average molecular weight is 394 g/mol. The Bertz CT molecular complexity index is 1450. The third kappa shape index (κ3) is 3.08. The Kier molecular flexibility index (Phi) is 4.25. The molecule has 0 aliphatic heterocycles. The van der Waals surface area contributed by atoms with Crippen LogP contribution in [0, 0.1) is 13.8 Å². The van der Waals surface area contributed by atoms with Gasteiger partial charge in [0, 0.05) is 10.9 Å². The van der Waals surface area contributed by atoms with Crippen LogP contribution < -0.4 is 5.56 Å². The highest BCUT2D eigenvalue weighted by Gasteiger charge is 2.19. The van der Waals surface area contributed by atoms with E-state index in [0.717, 1.165) is 16.7 Å². The zero-order chi connectivity index (χ0) is 20.7. The van der Waals surface area contributed by atoms with E-state index in [0.29, 0.717) is 28.0 Å². The number of aryl methyl sites for hydroxylation is 2. The van der Waals surface area contributed by atoms with Gasteiger partial charge in [0.25, 0.3) is 11.4 Å². The molecule has 5 rings (SSSR count). The Morgan fingerprint density at radius 1 is 0.833 bits per heavy atom. The third-order valence-electron chi connectivity index (χ3n) is 4.96. The molecule has 0 spiro atoms. The Morgan fingerprint density at radius 2 is 1.57 bits per heavy atom. The van der Waals surface area contributed by atoms with Gasteiger partial charge in [-0.25, -0.2) is 0 Å². The molecule has 0 atom stereocenters. The van der Waals surface area contributed by atoms with Gasteiger partial charge in [0.05, 0.1) is 11.1 Å². The van der Waals surface area contributed by atoms with Crippen molar-refractivity contribution >= 4 is 10.8 Å². The molecule has 0 saturated heterocycles. The summed E-state index contributed by atoms with van der Waals surface area (Å²) in [6.07, 6.45) is 0. The predicted molar refractivity (Wildman–Crippen MR) is 116 cm³/mol. The summed E-state index contributed by atoms with van der Waals surface area (Å²) in [4.78, 5) is 17.7. The monoisotopic (exact) mass is 394 g/mol. The van der Waals surface area contributed by atoms with Crippen LogP contribution >= 0.6 is 0 Å². The summed E-state index contributed by atoms with van der Waals surface area (Å²) < 4.78 is 6.96. The van der Waals surface area contributed by atoms with Gasteiger partial charge < -0.3 is 4.52 Å². The van der Waals surface area contributed by atoms with Gasteiger partial charge in [-0.05, 0) is 43.7 Å². The molecule has 0 unspecified atom stereocenters. The molecule has 0 amide bonds. The van der Waals surface area contributed by atoms with Crippen molar-refractivity contribution in [2.45, 2.75) is 13.8 Å². The molecule has 6 heteroatoms. The number of nitrogens with zero attached hydrogens (tertiary/aromatic N) is 4. The summed E-state index contributed by atoms with van der Waals surface area (Å²) >= 11 is 0. The maximum Gasteiger partial charge on any atom is 0.279 e. The second-order valence-corrected chi connectivity index (χ2v) is 7.24. The number of hydrogen-bond donors (Lipinski definition) is 0. The van der Waals surface area contributed by atoms with Crippen LogP contribution in [-0.2, 0) is 0 Å². The fraction of sp³-hybridized carbons (Fsp3) is 0.0833. The minimum absolute atomic E-state index is 0.196. The molecule has 5 aromatic rings. The third-order valence-corrected chi connectivity index (χ3v) is 4.96. The molecule has 2 aromatic heterocycles. The standard InChI is InChI=1S/C24H18N4O2/c1-15-7-5-9-17(13-15)22-25-23(30-27-22)21-19-11-3-4-12-20(19)24(29)28(26-21)18-10-6-8-16(2)14-18/h3-14H,1-2H3. The van der Waals surface area contributed by atoms with Crippen LogP contribution in [0.5, 0.6) is 0 Å². The Morgan fingerprint density at radius 3 is 2.33 bits per heavy atom. The van der Waals surface area contributed by atoms with Crippen molar-refractivity contribution in [3.05, 3.63) is 94.3 Å². The number of aromatic nitrogens is 4. The predicted octanol–water partition coefficient (Wildman–Crippen LogP) is 4.72. The molecule has 0 fully saturated rings. The lowest BCUT2D eigenvalue weighted by molar-refractivity contribution is 0.430. The average Bonchev–Trinajstić information content (AvgIpc) is 3.24. The van der Waals surface area contributed by atoms with Gasteiger partial charge in [0.2, 0.25) is 5.82 Å². The van der Waals surface area contributed by atoms with Crippen molar-refractivity contribution in [2.75, 3.05) is 0 Å². The van der Waals surface area contributed by atoms with Crippen LogP contribution in [-0.4, -0.2) is 19.9 Å². The van der Waals surface area contributed by atoms with E-state index in [4.69, 9.17) is 4.52 Å². The quantitative estimate of drug-likeness (QED) is 0.443. The largest absolute Gasteiger partial charge is 0.332 e. The summed E-state index contributed by atoms with van der Waals surface area (Å²) in [6, 6.07) is 22.9. The van der Waals surface area contributed by atoms with E-state index >= 15 is 0 Å². The molecule has 0 bridgehead atoms. The van der Waals surface area contributed by atoms with E-state index in [2.05, 4.69) is 15.2 Å². The van der Waals surface area contributed by atoms with Crippen molar-refractivity contribution in [3.63, 3.8) is 0 Å². The van der Waals surface area contributed by atoms with E-state index in [1.165, 1.54) is 4.68 Å². The van der Waals surface area contributed by atoms with Gasteiger partial charge in [-0.15, -0.1) is 0 Å². The fourth-order valence-corrected chi connectivity index (χ4v) is 3.50. The number of fused-ring (bicyclic) bond motifs is 1. The van der Waals surface area contributed by atoms with E-state index in [9.17, 15) is 4.79 Å². The Balaban J connectivity index is 1.74. The molecule has 0 N–H and O–H groups in total. The summed E-state index contributed by atoms with van der Waals surface area (Å²) in [5, 5.41) is 9.96. The molecule has 3 aromatic carbocycles. The SMILES string of the molecule is Cc1cccc(-c2noc(-c3nn(-c4cccc(C)c4)c(=O)c4ccccc34)n2)c1. The van der Waals surface area contributed by atoms with Crippen LogP contribution in [0.4, 0.5) is 0 Å². The topological polar surface area (TPSA) is 73.8 Å². The molecule has 146 valence electrons. The Labute approximate surface area is 172 Å². The minimum atomic E-state index is -0.196. The number of rotatable bonds is 3. The normalized spacial score (nSPS) is 11.1. The Hall–Kier alpha value is -4.06. The van der Waals surface area contributed by atoms with Crippen molar-refractivity contribution in [1.82, 2.24) is 19.9 Å². The summed E-state index contributed by atoms with van der Waals surface area (Å²) in [6.45, 7) is 3.99. The van der Waals surface area contributed by atoms with E-state index < -0.39 is 0 Å². The maximum atomic E-state index is 13.1. The lowest BCUT2D eigenvalue weighted by atomic mass is 10.1. The molecular formula is C24H18N4O2. The summed E-state index contributed by atoms with van der Waals surface area (Å²) in [5.74, 6) is 0.747. The number of hydrogen-bond acceptors (Lipinski definition) is 5. The highest BCUT2D eigenvalue weighted by Crippen LogP contribution is 2.26. The van der Waals surface area contributed by atoms with Gasteiger partial charge in [-0.3, -0.25) is 4.79 Å². The van der Waals surface area contributed by atoms with Crippen LogP contribution in [0.3, 0.4) is 0 Å². The minimum Gasteiger partial charge on any atom is -0.332 e. The van der Waals surface area contributed by atoms with Crippen LogP contribution in [0.15, 0.2) is 82.1 Å². The van der Waals surface area contributed by atoms with Crippen molar-refractivity contribution in [3.8, 4) is 28.7 Å². The highest BCUT2D eigenvalue weighted by molar-refractivity contribution is 5.92. The molecule has 0 saturated carbocycles. The van der Waals surface area contributed by atoms with E-state index in [-0.39, 0.29) is 11.4 Å². The van der Waals surface area contributed by atoms with Crippen LogP contribution in [0.25, 0.3) is 39.4 Å². The first-order valence-electron chi connectivity index (χ1n) is 9.60. The first-order valence-corrected chi connectivity index (χ1v) is 9.60. The summed E-state index contributed by atoms with van der Waals surface area (Å²) in [5.41, 5.74) is 3.97. The van der Waals surface area contributed by atoms with Gasteiger partial charge in [0.1, 0.15) is 0 Å². The molecule has 6 nitrogen and oxygen atoms in total. The lowest BCUT2D eigenvalue weighted by Gasteiger charge is -2.09. The molecule has 0 radical (unpaired) electrons. The zero-order valence-electron chi connectivity index (χ0n) is 16.5. The zero-order valence-corrected chi connectivity index (χ0v) is 16.5. The van der Waals surface area contributed by atoms with Gasteiger partial charge >= 0.3 is 0 Å². The highest BCUT2D eigenvalue weighted by atomic mass is 16.5. The van der Waals surface area contributed by atoms with E-state index in [1.54, 1.807) is 6.07 Å². The van der Waals surface area contributed by atoms with Gasteiger partial charge in [0.15, 0.2) is 5.69 Å².